The Balaban J connectivity index is 2.62. The van der Waals surface area contributed by atoms with E-state index in [4.69, 9.17) is 11.0 Å². The molecule has 0 bridgehead atoms. The normalized spacial score (nSPS) is 11.9. The average molecular weight is 274 g/mol. The SMILES string of the molecule is CCN(CC(=O)Nc1cc(N)ccc1C)CC(C)C#N. The van der Waals surface area contributed by atoms with E-state index in [1.165, 1.54) is 0 Å². The summed E-state index contributed by atoms with van der Waals surface area (Å²) in [5, 5.41) is 11.7. The minimum absolute atomic E-state index is 0.0862. The molecule has 1 aromatic rings. The zero-order valence-electron chi connectivity index (χ0n) is 12.3. The Morgan fingerprint density at radius 3 is 2.85 bits per heavy atom. The van der Waals surface area contributed by atoms with Gasteiger partial charge in [-0.25, -0.2) is 0 Å². The van der Waals surface area contributed by atoms with E-state index in [0.717, 1.165) is 17.8 Å². The first kappa shape index (κ1) is 16.0. The lowest BCUT2D eigenvalue weighted by atomic mass is 10.1. The van der Waals surface area contributed by atoms with Gasteiger partial charge in [-0.05, 0) is 38.1 Å². The summed E-state index contributed by atoms with van der Waals surface area (Å²) in [7, 11) is 0. The van der Waals surface area contributed by atoms with Crippen molar-refractivity contribution in [2.75, 3.05) is 30.7 Å². The first-order valence-electron chi connectivity index (χ1n) is 6.74. The van der Waals surface area contributed by atoms with Crippen molar-refractivity contribution in [1.82, 2.24) is 4.90 Å². The number of hydrogen-bond donors (Lipinski definition) is 2. The Hall–Kier alpha value is -2.06. The van der Waals surface area contributed by atoms with Crippen molar-refractivity contribution >= 4 is 17.3 Å². The highest BCUT2D eigenvalue weighted by atomic mass is 16.2. The minimum Gasteiger partial charge on any atom is -0.399 e. The van der Waals surface area contributed by atoms with Crippen LogP contribution in [0.2, 0.25) is 0 Å². The van der Waals surface area contributed by atoms with Gasteiger partial charge in [0, 0.05) is 17.9 Å². The fourth-order valence-corrected chi connectivity index (χ4v) is 1.90. The molecule has 3 N–H and O–H groups in total. The van der Waals surface area contributed by atoms with Crippen LogP contribution in [0, 0.1) is 24.2 Å². The van der Waals surface area contributed by atoms with Gasteiger partial charge in [0.1, 0.15) is 0 Å². The van der Waals surface area contributed by atoms with Crippen LogP contribution in [0.4, 0.5) is 11.4 Å². The maximum Gasteiger partial charge on any atom is 0.238 e. The third-order valence-corrected chi connectivity index (χ3v) is 3.10. The van der Waals surface area contributed by atoms with E-state index in [2.05, 4.69) is 11.4 Å². The molecule has 1 atom stereocenters. The summed E-state index contributed by atoms with van der Waals surface area (Å²) in [6.07, 6.45) is 0. The molecule has 1 amide bonds. The highest BCUT2D eigenvalue weighted by molar-refractivity contribution is 5.93. The van der Waals surface area contributed by atoms with Crippen molar-refractivity contribution in [3.8, 4) is 6.07 Å². The number of amides is 1. The Labute approximate surface area is 120 Å². The Bertz CT molecular complexity index is 507. The number of anilines is 2. The first-order valence-corrected chi connectivity index (χ1v) is 6.74. The van der Waals surface area contributed by atoms with Crippen molar-refractivity contribution in [1.29, 1.82) is 5.26 Å². The van der Waals surface area contributed by atoms with Crippen molar-refractivity contribution in [2.45, 2.75) is 20.8 Å². The van der Waals surface area contributed by atoms with Crippen molar-refractivity contribution in [3.63, 3.8) is 0 Å². The molecule has 108 valence electrons. The summed E-state index contributed by atoms with van der Waals surface area (Å²) in [6, 6.07) is 7.61. The molecule has 1 unspecified atom stereocenters. The van der Waals surface area contributed by atoms with Gasteiger partial charge in [-0.2, -0.15) is 5.26 Å². The zero-order valence-corrected chi connectivity index (χ0v) is 12.3. The number of hydrogen-bond acceptors (Lipinski definition) is 4. The van der Waals surface area contributed by atoms with Crippen LogP contribution in [0.3, 0.4) is 0 Å². The van der Waals surface area contributed by atoms with Crippen molar-refractivity contribution < 1.29 is 4.79 Å². The monoisotopic (exact) mass is 274 g/mol. The molecule has 0 spiro atoms. The van der Waals surface area contributed by atoms with Gasteiger partial charge in [-0.3, -0.25) is 9.69 Å². The second kappa shape index (κ2) is 7.51. The summed E-state index contributed by atoms with van der Waals surface area (Å²) in [5.41, 5.74) is 8.05. The predicted octanol–water partition coefficient (Wildman–Crippen LogP) is 2.00. The van der Waals surface area contributed by atoms with Gasteiger partial charge in [0.15, 0.2) is 0 Å². The zero-order chi connectivity index (χ0) is 15.1. The Kier molecular flexibility index (Phi) is 6.01. The quantitative estimate of drug-likeness (QED) is 0.777. The van der Waals surface area contributed by atoms with Crippen LogP contribution in [-0.2, 0) is 4.79 Å². The third-order valence-electron chi connectivity index (χ3n) is 3.10. The number of likely N-dealkylation sites (N-methyl/N-ethyl adjacent to an activating group) is 1. The molecular weight excluding hydrogens is 252 g/mol. The van der Waals surface area contributed by atoms with Crippen LogP contribution in [0.15, 0.2) is 18.2 Å². The molecule has 0 aliphatic heterocycles. The number of benzene rings is 1. The molecule has 1 rings (SSSR count). The predicted molar refractivity (Wildman–Crippen MR) is 81.1 cm³/mol. The van der Waals surface area contributed by atoms with Crippen LogP contribution in [-0.4, -0.2) is 30.4 Å². The number of nitrogens with one attached hydrogen (secondary N) is 1. The molecule has 1 aromatic carbocycles. The van der Waals surface area contributed by atoms with Crippen LogP contribution >= 0.6 is 0 Å². The smallest absolute Gasteiger partial charge is 0.238 e. The van der Waals surface area contributed by atoms with Crippen molar-refractivity contribution in [3.05, 3.63) is 23.8 Å². The van der Waals surface area contributed by atoms with Crippen LogP contribution in [0.25, 0.3) is 0 Å². The molecule has 0 aliphatic carbocycles. The van der Waals surface area contributed by atoms with E-state index in [0.29, 0.717) is 12.2 Å². The van der Waals surface area contributed by atoms with E-state index in [-0.39, 0.29) is 18.4 Å². The fourth-order valence-electron chi connectivity index (χ4n) is 1.90. The highest BCUT2D eigenvalue weighted by Crippen LogP contribution is 2.18. The number of carbonyl (C=O) groups excluding carboxylic acids is 1. The van der Waals surface area contributed by atoms with Gasteiger partial charge < -0.3 is 11.1 Å². The molecule has 0 saturated carbocycles. The van der Waals surface area contributed by atoms with E-state index in [9.17, 15) is 4.79 Å². The van der Waals surface area contributed by atoms with Gasteiger partial charge in [0.2, 0.25) is 5.91 Å². The summed E-state index contributed by atoms with van der Waals surface area (Å²) in [6.45, 7) is 7.35. The largest absolute Gasteiger partial charge is 0.399 e. The van der Waals surface area contributed by atoms with Crippen molar-refractivity contribution in [2.24, 2.45) is 5.92 Å². The lowest BCUT2D eigenvalue weighted by Crippen LogP contribution is -2.35. The molecule has 5 heteroatoms. The number of nitrogens with zero attached hydrogens (tertiary/aromatic N) is 2. The molecule has 0 aromatic heterocycles. The Morgan fingerprint density at radius 2 is 2.25 bits per heavy atom. The maximum absolute atomic E-state index is 12.0. The highest BCUT2D eigenvalue weighted by Gasteiger charge is 2.13. The molecular formula is C15H22N4O. The Morgan fingerprint density at radius 1 is 1.55 bits per heavy atom. The molecule has 0 saturated heterocycles. The van der Waals surface area contributed by atoms with E-state index >= 15 is 0 Å². The second-order valence-corrected chi connectivity index (χ2v) is 4.98. The number of carbonyl (C=O) groups is 1. The van der Waals surface area contributed by atoms with Gasteiger partial charge in [-0.15, -0.1) is 0 Å². The molecule has 0 heterocycles. The van der Waals surface area contributed by atoms with Crippen LogP contribution in [0.1, 0.15) is 19.4 Å². The topological polar surface area (TPSA) is 82.2 Å². The first-order chi connectivity index (χ1) is 9.46. The van der Waals surface area contributed by atoms with E-state index in [1.807, 2.05) is 31.7 Å². The molecule has 0 radical (unpaired) electrons. The number of aryl methyl sites for hydroxylation is 1. The third kappa shape index (κ3) is 4.90. The molecule has 5 nitrogen and oxygen atoms in total. The minimum atomic E-state index is -0.0920. The number of nitriles is 1. The summed E-state index contributed by atoms with van der Waals surface area (Å²) >= 11 is 0. The average Bonchev–Trinajstić information content (AvgIpc) is 2.41. The molecule has 0 fully saturated rings. The summed E-state index contributed by atoms with van der Waals surface area (Å²) in [4.78, 5) is 14.0. The lowest BCUT2D eigenvalue weighted by molar-refractivity contribution is -0.117. The van der Waals surface area contributed by atoms with Crippen LogP contribution < -0.4 is 11.1 Å². The van der Waals surface area contributed by atoms with E-state index in [1.54, 1.807) is 12.1 Å². The number of nitrogens with two attached hydrogens (primary N) is 1. The van der Waals surface area contributed by atoms with Gasteiger partial charge in [-0.1, -0.05) is 13.0 Å². The summed E-state index contributed by atoms with van der Waals surface area (Å²) < 4.78 is 0. The maximum atomic E-state index is 12.0. The van der Waals surface area contributed by atoms with E-state index < -0.39 is 0 Å². The van der Waals surface area contributed by atoms with Gasteiger partial charge in [0.05, 0.1) is 18.5 Å². The number of nitrogen functional groups attached to an aromatic ring is 1. The van der Waals surface area contributed by atoms with Gasteiger partial charge in [0.25, 0.3) is 0 Å². The van der Waals surface area contributed by atoms with Gasteiger partial charge >= 0.3 is 0 Å². The molecule has 0 aliphatic rings. The molecule has 20 heavy (non-hydrogen) atoms. The lowest BCUT2D eigenvalue weighted by Gasteiger charge is -2.21. The second-order valence-electron chi connectivity index (χ2n) is 4.98. The standard InChI is InChI=1S/C15H22N4O/c1-4-19(9-11(2)8-16)10-15(20)18-14-7-13(17)6-5-12(14)3/h5-7,11H,4,9-10,17H2,1-3H3,(H,18,20). The fraction of sp³-hybridized carbons (Fsp3) is 0.467. The number of rotatable bonds is 6. The summed E-state index contributed by atoms with van der Waals surface area (Å²) in [5.74, 6) is -0.178. The van der Waals surface area contributed by atoms with Crippen LogP contribution in [0.5, 0.6) is 0 Å².